The van der Waals surface area contributed by atoms with E-state index >= 15 is 0 Å². The number of rotatable bonds is 7. The molecule has 0 unspecified atom stereocenters. The summed E-state index contributed by atoms with van der Waals surface area (Å²) in [5, 5.41) is 13.8. The number of carboxylic acids is 1. The fourth-order valence-electron chi connectivity index (χ4n) is 3.11. The number of carboxylic acid groups (broad SMARTS) is 1. The van der Waals surface area contributed by atoms with Crippen LogP contribution in [0.2, 0.25) is 0 Å². The zero-order chi connectivity index (χ0) is 22.0. The summed E-state index contributed by atoms with van der Waals surface area (Å²) in [5.41, 5.74) is 2.00. The van der Waals surface area contributed by atoms with Crippen LogP contribution in [0.1, 0.15) is 28.8 Å². The maximum Gasteiger partial charge on any atom is 0.358 e. The molecule has 0 fully saturated rings. The first-order chi connectivity index (χ1) is 14.2. The Morgan fingerprint density at radius 1 is 1.27 bits per heavy atom. The summed E-state index contributed by atoms with van der Waals surface area (Å²) in [6.45, 7) is 3.97. The van der Waals surface area contributed by atoms with Crippen LogP contribution in [0.15, 0.2) is 23.4 Å². The van der Waals surface area contributed by atoms with Crippen molar-refractivity contribution in [3.63, 3.8) is 0 Å². The Morgan fingerprint density at radius 2 is 2.00 bits per heavy atom. The first-order valence-electron chi connectivity index (χ1n) is 9.22. The van der Waals surface area contributed by atoms with Crippen molar-refractivity contribution in [3.8, 4) is 17.0 Å². The molecule has 3 aromatic rings. The number of nitrogens with zero attached hydrogens (tertiary/aromatic N) is 7. The van der Waals surface area contributed by atoms with E-state index in [1.54, 1.807) is 35.9 Å². The lowest BCUT2D eigenvalue weighted by Gasteiger charge is -2.21. The zero-order valence-electron chi connectivity index (χ0n) is 17.4. The SMILES string of the molecule is CCOc1c(C(=O)O)nc(N(C)Cc2cncc(-c3cn(C)nc3C)n2)n(C)c1=O. The van der Waals surface area contributed by atoms with Crippen molar-refractivity contribution in [2.75, 3.05) is 18.6 Å². The minimum Gasteiger partial charge on any atom is -0.486 e. The lowest BCUT2D eigenvalue weighted by Crippen LogP contribution is -2.31. The van der Waals surface area contributed by atoms with Crippen molar-refractivity contribution in [3.05, 3.63) is 46.0 Å². The molecule has 3 rings (SSSR count). The maximum atomic E-state index is 12.6. The molecule has 0 amide bonds. The Bertz CT molecular complexity index is 1150. The molecule has 1 N–H and O–H groups in total. The summed E-state index contributed by atoms with van der Waals surface area (Å²) < 4.78 is 8.17. The van der Waals surface area contributed by atoms with Gasteiger partial charge in [-0.2, -0.15) is 5.10 Å². The Morgan fingerprint density at radius 3 is 2.60 bits per heavy atom. The Kier molecular flexibility index (Phi) is 5.81. The molecule has 0 atom stereocenters. The summed E-state index contributed by atoms with van der Waals surface area (Å²) in [4.78, 5) is 38.9. The number of ether oxygens (including phenoxy) is 1. The molecule has 158 valence electrons. The first kappa shape index (κ1) is 21.0. The van der Waals surface area contributed by atoms with Gasteiger partial charge in [0.05, 0.1) is 42.6 Å². The van der Waals surface area contributed by atoms with Crippen molar-refractivity contribution in [1.29, 1.82) is 0 Å². The monoisotopic (exact) mass is 413 g/mol. The van der Waals surface area contributed by atoms with Crippen LogP contribution in [0, 0.1) is 6.92 Å². The molecule has 30 heavy (non-hydrogen) atoms. The largest absolute Gasteiger partial charge is 0.486 e. The average molecular weight is 413 g/mol. The zero-order valence-corrected chi connectivity index (χ0v) is 17.4. The first-order valence-corrected chi connectivity index (χ1v) is 9.22. The highest BCUT2D eigenvalue weighted by Crippen LogP contribution is 2.21. The molecule has 3 heterocycles. The lowest BCUT2D eigenvalue weighted by molar-refractivity contribution is 0.0685. The second kappa shape index (κ2) is 8.31. The molecule has 11 heteroatoms. The molecule has 11 nitrogen and oxygen atoms in total. The number of aromatic nitrogens is 6. The minimum absolute atomic E-state index is 0.155. The van der Waals surface area contributed by atoms with Crippen molar-refractivity contribution >= 4 is 11.9 Å². The van der Waals surface area contributed by atoms with E-state index in [0.717, 1.165) is 11.3 Å². The van der Waals surface area contributed by atoms with Gasteiger partial charge in [-0.05, 0) is 13.8 Å². The summed E-state index contributed by atoms with van der Waals surface area (Å²) in [6.07, 6.45) is 5.13. The van der Waals surface area contributed by atoms with Crippen LogP contribution in [0.25, 0.3) is 11.3 Å². The second-order valence-corrected chi connectivity index (χ2v) is 6.75. The fraction of sp³-hybridized carbons (Fsp3) is 0.368. The van der Waals surface area contributed by atoms with E-state index in [1.807, 2.05) is 20.2 Å². The van der Waals surface area contributed by atoms with Crippen molar-refractivity contribution in [2.45, 2.75) is 20.4 Å². The smallest absolute Gasteiger partial charge is 0.358 e. The number of aromatic carboxylic acids is 1. The van der Waals surface area contributed by atoms with Gasteiger partial charge >= 0.3 is 5.97 Å². The van der Waals surface area contributed by atoms with Crippen LogP contribution in [0.5, 0.6) is 5.75 Å². The van der Waals surface area contributed by atoms with E-state index in [0.29, 0.717) is 11.4 Å². The van der Waals surface area contributed by atoms with Gasteiger partial charge in [0.25, 0.3) is 5.56 Å². The van der Waals surface area contributed by atoms with Crippen LogP contribution < -0.4 is 15.2 Å². The van der Waals surface area contributed by atoms with Gasteiger partial charge in [-0.1, -0.05) is 0 Å². The Labute approximate surface area is 172 Å². The van der Waals surface area contributed by atoms with E-state index in [1.165, 1.54) is 11.6 Å². The molecule has 0 aromatic carbocycles. The van der Waals surface area contributed by atoms with Gasteiger partial charge in [-0.3, -0.25) is 19.0 Å². The van der Waals surface area contributed by atoms with Gasteiger partial charge < -0.3 is 14.7 Å². The topological polar surface area (TPSA) is 128 Å². The van der Waals surface area contributed by atoms with Crippen LogP contribution in [-0.4, -0.2) is 54.0 Å². The molecule has 3 aromatic heterocycles. The fourth-order valence-corrected chi connectivity index (χ4v) is 3.11. The van der Waals surface area contributed by atoms with Crippen molar-refractivity contribution in [1.82, 2.24) is 29.3 Å². The summed E-state index contributed by atoms with van der Waals surface area (Å²) >= 11 is 0. The number of aryl methyl sites for hydroxylation is 2. The second-order valence-electron chi connectivity index (χ2n) is 6.75. The van der Waals surface area contributed by atoms with Gasteiger partial charge in [0.2, 0.25) is 11.7 Å². The molecular weight excluding hydrogens is 390 g/mol. The highest BCUT2D eigenvalue weighted by atomic mass is 16.5. The third-order valence-electron chi connectivity index (χ3n) is 4.43. The van der Waals surface area contributed by atoms with E-state index in [2.05, 4.69) is 20.1 Å². The number of hydrogen-bond donors (Lipinski definition) is 1. The summed E-state index contributed by atoms with van der Waals surface area (Å²) in [7, 11) is 5.04. The molecular formula is C19H23N7O4. The van der Waals surface area contributed by atoms with E-state index < -0.39 is 17.2 Å². The van der Waals surface area contributed by atoms with E-state index in [9.17, 15) is 14.7 Å². The highest BCUT2D eigenvalue weighted by molar-refractivity contribution is 5.88. The molecule has 0 saturated heterocycles. The minimum atomic E-state index is -1.33. The molecule has 0 aliphatic heterocycles. The van der Waals surface area contributed by atoms with Gasteiger partial charge in [0.15, 0.2) is 5.69 Å². The molecule has 0 aliphatic rings. The van der Waals surface area contributed by atoms with Gasteiger partial charge in [-0.15, -0.1) is 0 Å². The van der Waals surface area contributed by atoms with E-state index in [-0.39, 0.29) is 24.8 Å². The normalized spacial score (nSPS) is 10.8. The van der Waals surface area contributed by atoms with Crippen LogP contribution in [0.3, 0.4) is 0 Å². The van der Waals surface area contributed by atoms with Gasteiger partial charge in [-0.25, -0.2) is 14.8 Å². The van der Waals surface area contributed by atoms with Crippen molar-refractivity contribution in [2.24, 2.45) is 14.1 Å². The summed E-state index contributed by atoms with van der Waals surface area (Å²) in [5.74, 6) is -1.44. The average Bonchev–Trinajstić information content (AvgIpc) is 3.03. The predicted octanol–water partition coefficient (Wildman–Crippen LogP) is 1.01. The third-order valence-corrected chi connectivity index (χ3v) is 4.43. The molecule has 0 saturated carbocycles. The molecule has 0 aliphatic carbocycles. The maximum absolute atomic E-state index is 12.6. The van der Waals surface area contributed by atoms with Crippen LogP contribution >= 0.6 is 0 Å². The molecule has 0 spiro atoms. The summed E-state index contributed by atoms with van der Waals surface area (Å²) in [6, 6.07) is 0. The number of hydrogen-bond acceptors (Lipinski definition) is 8. The lowest BCUT2D eigenvalue weighted by atomic mass is 10.2. The predicted molar refractivity (Wildman–Crippen MR) is 109 cm³/mol. The Hall–Kier alpha value is -3.76. The quantitative estimate of drug-likeness (QED) is 0.603. The molecule has 0 bridgehead atoms. The van der Waals surface area contributed by atoms with Crippen molar-refractivity contribution < 1.29 is 14.6 Å². The number of anilines is 1. The third kappa shape index (κ3) is 4.00. The Balaban J connectivity index is 1.96. The van der Waals surface area contributed by atoms with E-state index in [4.69, 9.17) is 4.74 Å². The van der Waals surface area contributed by atoms with Crippen LogP contribution in [-0.2, 0) is 20.6 Å². The molecule has 0 radical (unpaired) electrons. The number of carbonyl (C=O) groups is 1. The standard InChI is InChI=1S/C19H23N7O4/c1-6-30-16-15(18(28)29)22-19(26(5)17(16)27)24(3)9-12-7-20-8-14(21-12)13-10-25(4)23-11(13)2/h7-8,10H,6,9H2,1-5H3,(H,28,29). The highest BCUT2D eigenvalue weighted by Gasteiger charge is 2.23. The van der Waals surface area contributed by atoms with Gasteiger partial charge in [0, 0.05) is 32.9 Å². The van der Waals surface area contributed by atoms with Crippen LogP contribution in [0.4, 0.5) is 5.95 Å². The van der Waals surface area contributed by atoms with Gasteiger partial charge in [0.1, 0.15) is 0 Å².